The summed E-state index contributed by atoms with van der Waals surface area (Å²) in [5.41, 5.74) is 3.48. The number of unbranched alkanes of at least 4 members (excludes halogenated alkanes) is 4. The van der Waals surface area contributed by atoms with E-state index in [0.717, 1.165) is 33.7 Å². The van der Waals surface area contributed by atoms with Crippen molar-refractivity contribution in [3.05, 3.63) is 124 Å². The first-order valence-electron chi connectivity index (χ1n) is 18.7. The molecule has 0 bridgehead atoms. The van der Waals surface area contributed by atoms with Gasteiger partial charge >= 0.3 is 5.97 Å². The Morgan fingerprint density at radius 3 is 2.05 bits per heavy atom. The Labute approximate surface area is 327 Å². The van der Waals surface area contributed by atoms with Crippen LogP contribution in [0.5, 0.6) is 5.75 Å². The lowest BCUT2D eigenvalue weighted by molar-refractivity contribution is -0.145. The summed E-state index contributed by atoms with van der Waals surface area (Å²) in [4.78, 5) is 50.1. The van der Waals surface area contributed by atoms with E-state index in [0.29, 0.717) is 28.4 Å². The highest BCUT2D eigenvalue weighted by Gasteiger charge is 2.33. The van der Waals surface area contributed by atoms with Crippen LogP contribution in [0.3, 0.4) is 0 Å². The van der Waals surface area contributed by atoms with Crippen LogP contribution < -0.4 is 15.4 Å². The first kappa shape index (κ1) is 40.8. The lowest BCUT2D eigenvalue weighted by Gasteiger charge is -2.24. The molecule has 0 aliphatic rings. The van der Waals surface area contributed by atoms with Gasteiger partial charge in [0.25, 0.3) is 5.91 Å². The Balaban J connectivity index is 1.27. The van der Waals surface area contributed by atoms with Crippen LogP contribution in [0, 0.1) is 0 Å². The van der Waals surface area contributed by atoms with E-state index < -0.39 is 36.0 Å². The Hall–Kier alpha value is -5.39. The third-order valence-electron chi connectivity index (χ3n) is 9.22. The van der Waals surface area contributed by atoms with Crippen LogP contribution in [-0.2, 0) is 21.4 Å². The summed E-state index contributed by atoms with van der Waals surface area (Å²) in [5, 5.41) is 26.2. The molecule has 0 unspecified atom stereocenters. The molecule has 0 aliphatic heterocycles. The number of benzene rings is 3. The fourth-order valence-corrected chi connectivity index (χ4v) is 6.93. The zero-order chi connectivity index (χ0) is 39.4. The van der Waals surface area contributed by atoms with E-state index in [4.69, 9.17) is 4.74 Å². The largest absolute Gasteiger partial charge is 0.494 e. The maximum atomic E-state index is 13.8. The van der Waals surface area contributed by atoms with Crippen LogP contribution in [0.15, 0.2) is 103 Å². The molecule has 288 valence electrons. The molecule has 55 heavy (non-hydrogen) atoms. The molecule has 0 saturated carbocycles. The van der Waals surface area contributed by atoms with Gasteiger partial charge in [0.05, 0.1) is 11.5 Å². The smallest absolute Gasteiger partial charge is 0.329 e. The molecule has 0 fully saturated rings. The molecule has 5 aromatic rings. The second kappa shape index (κ2) is 19.3. The number of aromatic nitrogens is 2. The molecule has 4 N–H and O–H groups in total. The van der Waals surface area contributed by atoms with Crippen LogP contribution >= 0.6 is 11.3 Å². The number of carbonyl (C=O) groups excluding carboxylic acids is 2. The molecule has 0 spiro atoms. The third kappa shape index (κ3) is 11.6. The molecule has 10 nitrogen and oxygen atoms in total. The predicted molar refractivity (Wildman–Crippen MR) is 216 cm³/mol. The highest BCUT2D eigenvalue weighted by molar-refractivity contribution is 7.14. The van der Waals surface area contributed by atoms with Gasteiger partial charge in [0.2, 0.25) is 5.91 Å². The summed E-state index contributed by atoms with van der Waals surface area (Å²) in [6.45, 7) is 9.07. The number of carboxylic acids is 1. The minimum Gasteiger partial charge on any atom is -0.494 e. The number of amides is 2. The molecule has 3 aromatic carbocycles. The average molecular weight is 763 g/mol. The summed E-state index contributed by atoms with van der Waals surface area (Å²) in [6, 6.07) is 24.3. The van der Waals surface area contributed by atoms with Gasteiger partial charge < -0.3 is 25.6 Å². The van der Waals surface area contributed by atoms with Crippen LogP contribution in [0.4, 0.5) is 0 Å². The van der Waals surface area contributed by atoms with Crippen LogP contribution in [0.1, 0.15) is 91.6 Å². The molecule has 5 rings (SSSR count). The van der Waals surface area contributed by atoms with Crippen LogP contribution in [-0.4, -0.2) is 56.7 Å². The number of carbonyl (C=O) groups is 3. The number of nitrogens with one attached hydrogen (secondary N) is 2. The molecule has 0 saturated heterocycles. The third-order valence-corrected chi connectivity index (χ3v) is 10.7. The summed E-state index contributed by atoms with van der Waals surface area (Å²) in [6.07, 6.45) is 8.04. The van der Waals surface area contributed by atoms with E-state index in [9.17, 15) is 24.6 Å². The maximum absolute atomic E-state index is 13.8. The van der Waals surface area contributed by atoms with E-state index in [1.807, 2.05) is 54.6 Å². The first-order chi connectivity index (χ1) is 26.4. The topological polar surface area (TPSA) is 151 Å². The van der Waals surface area contributed by atoms with E-state index in [1.54, 1.807) is 48.8 Å². The van der Waals surface area contributed by atoms with Crippen molar-refractivity contribution in [2.75, 3.05) is 6.61 Å². The van der Waals surface area contributed by atoms with E-state index in [2.05, 4.69) is 48.3 Å². The Morgan fingerprint density at radius 2 is 1.44 bits per heavy atom. The van der Waals surface area contributed by atoms with E-state index in [-0.39, 0.29) is 11.8 Å². The number of ether oxygens (including phenoxy) is 1. The molecular formula is C44H50N4O6S. The minimum absolute atomic E-state index is 0.0570. The number of nitrogens with zero attached hydrogens (tertiary/aromatic N) is 2. The average Bonchev–Trinajstić information content (AvgIpc) is 3.71. The van der Waals surface area contributed by atoms with E-state index in [1.165, 1.54) is 37.0 Å². The van der Waals surface area contributed by atoms with Crippen LogP contribution in [0.25, 0.3) is 22.5 Å². The molecular weight excluding hydrogens is 713 g/mol. The van der Waals surface area contributed by atoms with Gasteiger partial charge in [-0.25, -0.2) is 14.8 Å². The Kier molecular flexibility index (Phi) is 14.3. The lowest BCUT2D eigenvalue weighted by Crippen LogP contribution is -2.54. The second-order valence-electron chi connectivity index (χ2n) is 14.6. The Morgan fingerprint density at radius 1 is 0.782 bits per heavy atom. The normalized spacial score (nSPS) is 13.0. The van der Waals surface area contributed by atoms with E-state index >= 15 is 0 Å². The molecule has 2 amide bonds. The first-order valence-corrected chi connectivity index (χ1v) is 19.6. The number of rotatable bonds is 18. The quantitative estimate of drug-likeness (QED) is 0.0654. The summed E-state index contributed by atoms with van der Waals surface area (Å²) in [7, 11) is 0. The molecule has 2 heterocycles. The van der Waals surface area contributed by atoms with Gasteiger partial charge in [0.1, 0.15) is 17.9 Å². The van der Waals surface area contributed by atoms with Gasteiger partial charge in [-0.05, 0) is 52.8 Å². The van der Waals surface area contributed by atoms with Crippen molar-refractivity contribution in [1.29, 1.82) is 0 Å². The number of hydrogen-bond acceptors (Lipinski definition) is 8. The predicted octanol–water partition coefficient (Wildman–Crippen LogP) is 8.16. The number of aliphatic hydroxyl groups excluding tert-OH is 1. The van der Waals surface area contributed by atoms with Gasteiger partial charge in [-0.1, -0.05) is 120 Å². The molecule has 0 radical (unpaired) electrons. The van der Waals surface area contributed by atoms with Gasteiger partial charge in [-0.3, -0.25) is 9.59 Å². The number of aliphatic carboxylic acids is 1. The minimum atomic E-state index is -1.65. The fourth-order valence-electron chi connectivity index (χ4n) is 5.96. The number of thiophene rings is 1. The number of carboxylic acid groups (broad SMARTS) is 1. The summed E-state index contributed by atoms with van der Waals surface area (Å²) >= 11 is 1.34. The fraction of sp³-hybridized carbons (Fsp3) is 0.341. The number of hydrogen-bond donors (Lipinski definition) is 4. The standard InChI is InChI=1S/C44H50N4O6S/c1-5-6-7-8-12-25-54-34-21-19-30(20-22-34)33-27-45-40(46-28-33)32-17-15-29(16-18-32)26-35(47-42(51)36-23-24-37(55-36)44(2,3)4)41(50)48-38(43(52)53)39(49)31-13-10-9-11-14-31/h9-11,13-24,27-28,35,38-39,49H,5-8,12,25-26H2,1-4H3,(H,47,51)(H,48,50)(H,52,53)/t35-,38+,39+/m0/s1. The number of aliphatic hydroxyl groups is 1. The zero-order valence-corrected chi connectivity index (χ0v) is 32.6. The molecule has 2 aromatic heterocycles. The van der Waals surface area contributed by atoms with Crippen LogP contribution in [0.2, 0.25) is 0 Å². The van der Waals surface area contributed by atoms with Crippen molar-refractivity contribution in [2.24, 2.45) is 0 Å². The van der Waals surface area contributed by atoms with Gasteiger partial charge in [0.15, 0.2) is 11.9 Å². The highest BCUT2D eigenvalue weighted by Crippen LogP contribution is 2.30. The van der Waals surface area contributed by atoms with Gasteiger partial charge in [-0.15, -0.1) is 11.3 Å². The summed E-state index contributed by atoms with van der Waals surface area (Å²) < 4.78 is 5.90. The lowest BCUT2D eigenvalue weighted by atomic mass is 9.95. The van der Waals surface area contributed by atoms with Crippen molar-refractivity contribution < 1.29 is 29.3 Å². The van der Waals surface area contributed by atoms with Crippen molar-refractivity contribution in [2.45, 2.75) is 89.8 Å². The van der Waals surface area contributed by atoms with Gasteiger partial charge in [0, 0.05) is 34.8 Å². The molecule has 11 heteroatoms. The molecule has 0 aliphatic carbocycles. The maximum Gasteiger partial charge on any atom is 0.329 e. The summed E-state index contributed by atoms with van der Waals surface area (Å²) in [5.74, 6) is -1.25. The van der Waals surface area contributed by atoms with Crippen molar-refractivity contribution in [1.82, 2.24) is 20.6 Å². The molecule has 3 atom stereocenters. The SMILES string of the molecule is CCCCCCCOc1ccc(-c2cnc(-c3ccc(C[C@H](NC(=O)c4ccc(C(C)(C)C)s4)C(=O)N[C@@H](C(=O)O)[C@H](O)c4ccccc4)cc3)nc2)cc1. The van der Waals surface area contributed by atoms with Crippen molar-refractivity contribution in [3.63, 3.8) is 0 Å². The van der Waals surface area contributed by atoms with Crippen molar-refractivity contribution in [3.8, 4) is 28.3 Å². The van der Waals surface area contributed by atoms with Crippen molar-refractivity contribution >= 4 is 29.1 Å². The highest BCUT2D eigenvalue weighted by atomic mass is 32.1. The monoisotopic (exact) mass is 762 g/mol. The Bertz CT molecular complexity index is 1990. The van der Waals surface area contributed by atoms with Gasteiger partial charge in [-0.2, -0.15) is 0 Å². The zero-order valence-electron chi connectivity index (χ0n) is 31.8. The second-order valence-corrected chi connectivity index (χ2v) is 15.7.